The molecule has 0 amide bonds. The zero-order valence-electron chi connectivity index (χ0n) is 12.3. The van der Waals surface area contributed by atoms with Crippen molar-refractivity contribution in [3.63, 3.8) is 0 Å². The molecule has 1 aromatic rings. The summed E-state index contributed by atoms with van der Waals surface area (Å²) in [5.74, 6) is 0.722. The van der Waals surface area contributed by atoms with E-state index in [4.69, 9.17) is 0 Å². The van der Waals surface area contributed by atoms with Gasteiger partial charge in [0.25, 0.3) is 0 Å². The SMILES string of the molecule is CNCC1CCN(C2CC2)C1c1cncn1C(C)C. The van der Waals surface area contributed by atoms with Gasteiger partial charge < -0.3 is 9.88 Å². The van der Waals surface area contributed by atoms with Crippen LogP contribution >= 0.6 is 0 Å². The number of imidazole rings is 1. The molecule has 3 rings (SSSR count). The lowest BCUT2D eigenvalue weighted by molar-refractivity contribution is 0.206. The smallest absolute Gasteiger partial charge is 0.0951 e. The van der Waals surface area contributed by atoms with Gasteiger partial charge in [-0.25, -0.2) is 4.98 Å². The average molecular weight is 262 g/mol. The van der Waals surface area contributed by atoms with Crippen LogP contribution < -0.4 is 5.32 Å². The van der Waals surface area contributed by atoms with E-state index in [1.165, 1.54) is 31.5 Å². The van der Waals surface area contributed by atoms with Crippen LogP contribution in [0.3, 0.4) is 0 Å². The molecular weight excluding hydrogens is 236 g/mol. The minimum absolute atomic E-state index is 0.495. The number of nitrogens with zero attached hydrogens (tertiary/aromatic N) is 3. The highest BCUT2D eigenvalue weighted by Gasteiger charge is 2.43. The van der Waals surface area contributed by atoms with Crippen molar-refractivity contribution < 1.29 is 0 Å². The molecule has 1 aliphatic heterocycles. The maximum Gasteiger partial charge on any atom is 0.0951 e. The van der Waals surface area contributed by atoms with E-state index < -0.39 is 0 Å². The van der Waals surface area contributed by atoms with E-state index >= 15 is 0 Å². The highest BCUT2D eigenvalue weighted by atomic mass is 15.3. The molecule has 1 aliphatic carbocycles. The predicted octanol–water partition coefficient (Wildman–Crippen LogP) is 2.21. The second-order valence-corrected chi connectivity index (χ2v) is 6.34. The maximum atomic E-state index is 4.41. The Hall–Kier alpha value is -0.870. The van der Waals surface area contributed by atoms with Gasteiger partial charge in [0.1, 0.15) is 0 Å². The molecule has 0 aromatic carbocycles. The van der Waals surface area contributed by atoms with Gasteiger partial charge in [0.2, 0.25) is 0 Å². The van der Waals surface area contributed by atoms with Crippen molar-refractivity contribution in [1.82, 2.24) is 19.8 Å². The lowest BCUT2D eigenvalue weighted by Crippen LogP contribution is -2.32. The summed E-state index contributed by atoms with van der Waals surface area (Å²) in [5, 5.41) is 3.37. The Labute approximate surface area is 116 Å². The molecule has 19 heavy (non-hydrogen) atoms. The number of nitrogens with one attached hydrogen (secondary N) is 1. The van der Waals surface area contributed by atoms with E-state index in [1.807, 2.05) is 6.33 Å². The summed E-state index contributed by atoms with van der Waals surface area (Å²) >= 11 is 0. The fraction of sp³-hybridized carbons (Fsp3) is 0.800. The van der Waals surface area contributed by atoms with Crippen LogP contribution in [-0.4, -0.2) is 40.6 Å². The van der Waals surface area contributed by atoms with Gasteiger partial charge in [0.05, 0.1) is 18.1 Å². The normalized spacial score (nSPS) is 28.4. The van der Waals surface area contributed by atoms with E-state index in [9.17, 15) is 0 Å². The first-order chi connectivity index (χ1) is 9.22. The molecule has 1 aromatic heterocycles. The number of aromatic nitrogens is 2. The summed E-state index contributed by atoms with van der Waals surface area (Å²) < 4.78 is 2.36. The second-order valence-electron chi connectivity index (χ2n) is 6.34. The first-order valence-corrected chi connectivity index (χ1v) is 7.64. The minimum Gasteiger partial charge on any atom is -0.331 e. The number of hydrogen-bond donors (Lipinski definition) is 1. The lowest BCUT2D eigenvalue weighted by Gasteiger charge is -2.30. The van der Waals surface area contributed by atoms with Crippen LogP contribution in [0.4, 0.5) is 0 Å². The summed E-state index contributed by atoms with van der Waals surface area (Å²) in [5.41, 5.74) is 1.42. The van der Waals surface area contributed by atoms with Gasteiger partial charge in [-0.2, -0.15) is 0 Å². The molecule has 1 saturated carbocycles. The van der Waals surface area contributed by atoms with Gasteiger partial charge in [-0.3, -0.25) is 4.90 Å². The zero-order chi connectivity index (χ0) is 13.4. The molecular formula is C15H26N4. The van der Waals surface area contributed by atoms with Crippen molar-refractivity contribution in [2.75, 3.05) is 20.1 Å². The summed E-state index contributed by atoms with van der Waals surface area (Å²) in [6, 6.07) is 1.89. The van der Waals surface area contributed by atoms with E-state index in [-0.39, 0.29) is 0 Å². The van der Waals surface area contributed by atoms with E-state index in [0.29, 0.717) is 12.1 Å². The topological polar surface area (TPSA) is 33.1 Å². The van der Waals surface area contributed by atoms with Crippen molar-refractivity contribution in [2.45, 2.75) is 51.2 Å². The molecule has 0 bridgehead atoms. The Morgan fingerprint density at radius 1 is 1.37 bits per heavy atom. The van der Waals surface area contributed by atoms with Crippen molar-refractivity contribution in [3.05, 3.63) is 18.2 Å². The monoisotopic (exact) mass is 262 g/mol. The minimum atomic E-state index is 0.495. The molecule has 2 atom stereocenters. The van der Waals surface area contributed by atoms with Crippen LogP contribution in [0, 0.1) is 5.92 Å². The predicted molar refractivity (Wildman–Crippen MR) is 77.1 cm³/mol. The van der Waals surface area contributed by atoms with E-state index in [1.54, 1.807) is 0 Å². The van der Waals surface area contributed by atoms with Crippen LogP contribution in [0.25, 0.3) is 0 Å². The van der Waals surface area contributed by atoms with Crippen molar-refractivity contribution in [3.8, 4) is 0 Å². The lowest BCUT2D eigenvalue weighted by atomic mass is 9.97. The molecule has 2 heterocycles. The molecule has 2 fully saturated rings. The standard InChI is InChI=1S/C15H26N4/c1-11(2)19-10-17-9-14(19)15-12(8-16-3)6-7-18(15)13-4-5-13/h9-13,15-16H,4-8H2,1-3H3. The van der Waals surface area contributed by atoms with Gasteiger partial charge in [-0.15, -0.1) is 0 Å². The van der Waals surface area contributed by atoms with E-state index in [0.717, 1.165) is 18.5 Å². The Morgan fingerprint density at radius 3 is 2.79 bits per heavy atom. The first-order valence-electron chi connectivity index (χ1n) is 7.64. The molecule has 0 spiro atoms. The third-order valence-electron chi connectivity index (χ3n) is 4.60. The number of hydrogen-bond acceptors (Lipinski definition) is 3. The van der Waals surface area contributed by atoms with Gasteiger partial charge in [-0.1, -0.05) is 0 Å². The molecule has 106 valence electrons. The Morgan fingerprint density at radius 2 is 2.16 bits per heavy atom. The molecule has 0 radical (unpaired) electrons. The molecule has 1 saturated heterocycles. The number of likely N-dealkylation sites (tertiary alicyclic amines) is 1. The van der Waals surface area contributed by atoms with Crippen molar-refractivity contribution in [2.24, 2.45) is 5.92 Å². The van der Waals surface area contributed by atoms with Crippen LogP contribution in [0.15, 0.2) is 12.5 Å². The van der Waals surface area contributed by atoms with Gasteiger partial charge >= 0.3 is 0 Å². The molecule has 1 N–H and O–H groups in total. The Kier molecular flexibility index (Phi) is 3.63. The third-order valence-corrected chi connectivity index (χ3v) is 4.60. The highest BCUT2D eigenvalue weighted by Crippen LogP contribution is 2.44. The highest BCUT2D eigenvalue weighted by molar-refractivity contribution is 5.13. The summed E-state index contributed by atoms with van der Waals surface area (Å²) in [4.78, 5) is 7.15. The second kappa shape index (κ2) is 5.25. The number of rotatable bonds is 5. The largest absolute Gasteiger partial charge is 0.331 e. The maximum absolute atomic E-state index is 4.41. The average Bonchev–Trinajstić information content (AvgIpc) is 2.96. The summed E-state index contributed by atoms with van der Waals surface area (Å²) in [6.07, 6.45) is 8.18. The molecule has 4 heteroatoms. The van der Waals surface area contributed by atoms with Crippen LogP contribution in [0.1, 0.15) is 50.9 Å². The summed E-state index contributed by atoms with van der Waals surface area (Å²) in [7, 11) is 2.07. The van der Waals surface area contributed by atoms with Crippen LogP contribution in [0.2, 0.25) is 0 Å². The van der Waals surface area contributed by atoms with Crippen LogP contribution in [-0.2, 0) is 0 Å². The third kappa shape index (κ3) is 2.43. The Bertz CT molecular complexity index is 422. The zero-order valence-corrected chi connectivity index (χ0v) is 12.3. The van der Waals surface area contributed by atoms with E-state index in [2.05, 4.69) is 46.9 Å². The van der Waals surface area contributed by atoms with Crippen molar-refractivity contribution >= 4 is 0 Å². The van der Waals surface area contributed by atoms with Gasteiger partial charge in [0.15, 0.2) is 0 Å². The summed E-state index contributed by atoms with van der Waals surface area (Å²) in [6.45, 7) is 6.85. The van der Waals surface area contributed by atoms with Gasteiger partial charge in [0, 0.05) is 18.3 Å². The van der Waals surface area contributed by atoms with Crippen LogP contribution in [0.5, 0.6) is 0 Å². The molecule has 4 nitrogen and oxygen atoms in total. The molecule has 2 aliphatic rings. The van der Waals surface area contributed by atoms with Gasteiger partial charge in [-0.05, 0) is 59.2 Å². The molecule has 2 unspecified atom stereocenters. The fourth-order valence-corrected chi connectivity index (χ4v) is 3.56. The Balaban J connectivity index is 1.89. The fourth-order valence-electron chi connectivity index (χ4n) is 3.56. The van der Waals surface area contributed by atoms with Crippen molar-refractivity contribution in [1.29, 1.82) is 0 Å². The first kappa shape index (κ1) is 13.1. The quantitative estimate of drug-likeness (QED) is 0.883.